The lowest BCUT2D eigenvalue weighted by molar-refractivity contribution is -0.157. The second-order valence-corrected chi connectivity index (χ2v) is 7.44. The lowest BCUT2D eigenvalue weighted by Crippen LogP contribution is -2.40. The lowest BCUT2D eigenvalue weighted by Gasteiger charge is -2.26. The summed E-state index contributed by atoms with van der Waals surface area (Å²) in [6.07, 6.45) is -0.745. The number of sulfonamides is 1. The zero-order valence-corrected chi connectivity index (χ0v) is 14.7. The van der Waals surface area contributed by atoms with Gasteiger partial charge in [-0.05, 0) is 24.3 Å². The molecule has 1 aliphatic heterocycles. The summed E-state index contributed by atoms with van der Waals surface area (Å²) < 4.78 is 67.5. The van der Waals surface area contributed by atoms with Crippen molar-refractivity contribution in [3.05, 3.63) is 60.0 Å². The number of nitrogens with one attached hydrogen (secondary N) is 2. The molecule has 0 radical (unpaired) electrons. The van der Waals surface area contributed by atoms with E-state index in [-0.39, 0.29) is 18.1 Å². The van der Waals surface area contributed by atoms with Gasteiger partial charge in [-0.1, -0.05) is 18.2 Å². The Kier molecular flexibility index (Phi) is 4.83. The Bertz CT molecular complexity index is 984. The molecule has 0 aliphatic carbocycles. The minimum Gasteiger partial charge on any atom is -0.411 e. The van der Waals surface area contributed by atoms with Crippen LogP contribution in [0.15, 0.2) is 52.6 Å². The van der Waals surface area contributed by atoms with Crippen molar-refractivity contribution in [1.29, 1.82) is 0 Å². The molecule has 0 amide bonds. The largest absolute Gasteiger partial charge is 0.470 e. The molecule has 2 heterocycles. The normalized spacial score (nSPS) is 14.7. The quantitative estimate of drug-likeness (QED) is 0.789. The maximum Gasteiger partial charge on any atom is 0.470 e. The molecule has 1 aliphatic rings. The highest BCUT2D eigenvalue weighted by Crippen LogP contribution is 2.29. The zero-order chi connectivity index (χ0) is 19.7. The van der Waals surface area contributed by atoms with E-state index in [1.165, 1.54) is 16.5 Å². The second-order valence-electron chi connectivity index (χ2n) is 5.54. The van der Waals surface area contributed by atoms with Crippen LogP contribution in [0.5, 0.6) is 0 Å². The Labute approximate surface area is 152 Å². The standard InChI is InChI=1S/C15H14F3N5O3S/c1-27(24,25)23(11-5-3-2-4-6-11)9-10-7-8-12(20-19-10)13-21-22-14(26-13)15(16,17)18/h2-8,19-20H,9H2,1H3. The molecule has 0 saturated heterocycles. The molecule has 8 nitrogen and oxygen atoms in total. The maximum atomic E-state index is 12.5. The SMILES string of the molecule is CS(=O)(=O)N(CC1=CC=C(c2nnc(C(F)(F)F)o2)NN1)c1ccccc1. The number of aromatic nitrogens is 2. The highest BCUT2D eigenvalue weighted by Gasteiger charge is 2.38. The Hall–Kier alpha value is -3.02. The van der Waals surface area contributed by atoms with Crippen molar-refractivity contribution in [2.45, 2.75) is 6.18 Å². The third kappa shape index (κ3) is 4.39. The molecule has 3 rings (SSSR count). The van der Waals surface area contributed by atoms with E-state index in [1.807, 2.05) is 0 Å². The first-order valence-corrected chi connectivity index (χ1v) is 9.36. The summed E-state index contributed by atoms with van der Waals surface area (Å²) in [4.78, 5) is 0. The number of nitrogens with zero attached hydrogens (tertiary/aromatic N) is 3. The second kappa shape index (κ2) is 6.95. The first-order chi connectivity index (χ1) is 12.6. The van der Waals surface area contributed by atoms with Crippen molar-refractivity contribution >= 4 is 21.4 Å². The smallest absolute Gasteiger partial charge is 0.411 e. The summed E-state index contributed by atoms with van der Waals surface area (Å²) in [5.41, 5.74) is 6.39. The van der Waals surface area contributed by atoms with Gasteiger partial charge in [0.25, 0.3) is 5.89 Å². The van der Waals surface area contributed by atoms with Crippen molar-refractivity contribution in [1.82, 2.24) is 21.0 Å². The fraction of sp³-hybridized carbons (Fsp3) is 0.200. The number of halogens is 3. The summed E-state index contributed by atoms with van der Waals surface area (Å²) in [5.74, 6) is -1.81. The predicted molar refractivity (Wildman–Crippen MR) is 90.3 cm³/mol. The Morgan fingerprint density at radius 1 is 1.11 bits per heavy atom. The van der Waals surface area contributed by atoms with Gasteiger partial charge >= 0.3 is 12.1 Å². The van der Waals surface area contributed by atoms with Gasteiger partial charge in [-0.25, -0.2) is 8.42 Å². The lowest BCUT2D eigenvalue weighted by atomic mass is 10.2. The van der Waals surface area contributed by atoms with Crippen molar-refractivity contribution in [2.75, 3.05) is 17.1 Å². The molecule has 0 spiro atoms. The molecule has 2 aromatic rings. The summed E-state index contributed by atoms with van der Waals surface area (Å²) in [7, 11) is -3.56. The summed E-state index contributed by atoms with van der Waals surface area (Å²) in [6, 6.07) is 8.48. The van der Waals surface area contributed by atoms with E-state index in [0.29, 0.717) is 11.4 Å². The van der Waals surface area contributed by atoms with E-state index in [1.54, 1.807) is 30.3 Å². The first kappa shape index (κ1) is 18.8. The number of allylic oxidation sites excluding steroid dienone is 2. The highest BCUT2D eigenvalue weighted by atomic mass is 32.2. The topological polar surface area (TPSA) is 100 Å². The van der Waals surface area contributed by atoms with Crippen molar-refractivity contribution < 1.29 is 26.0 Å². The molecule has 0 saturated carbocycles. The maximum absolute atomic E-state index is 12.5. The molecular weight excluding hydrogens is 387 g/mol. The minimum absolute atomic E-state index is 0.0166. The molecular formula is C15H14F3N5O3S. The summed E-state index contributed by atoms with van der Waals surface area (Å²) in [5, 5.41) is 6.28. The molecule has 2 N–H and O–H groups in total. The van der Waals surface area contributed by atoms with Crippen LogP contribution in [0, 0.1) is 0 Å². The summed E-state index contributed by atoms with van der Waals surface area (Å²) in [6.45, 7) is -0.0166. The molecule has 0 fully saturated rings. The van der Waals surface area contributed by atoms with Crippen LogP contribution in [0.4, 0.5) is 18.9 Å². The van der Waals surface area contributed by atoms with Gasteiger partial charge in [0, 0.05) is 0 Å². The summed E-state index contributed by atoms with van der Waals surface area (Å²) >= 11 is 0. The van der Waals surface area contributed by atoms with E-state index in [9.17, 15) is 21.6 Å². The molecule has 27 heavy (non-hydrogen) atoms. The van der Waals surface area contributed by atoms with Gasteiger partial charge in [-0.15, -0.1) is 10.2 Å². The van der Waals surface area contributed by atoms with Crippen molar-refractivity contribution in [2.24, 2.45) is 0 Å². The van der Waals surface area contributed by atoms with Crippen molar-refractivity contribution in [3.8, 4) is 0 Å². The fourth-order valence-corrected chi connectivity index (χ4v) is 3.11. The van der Waals surface area contributed by atoms with Crippen LogP contribution in [0.1, 0.15) is 11.8 Å². The molecule has 1 aromatic carbocycles. The number of anilines is 1. The van der Waals surface area contributed by atoms with E-state index in [2.05, 4.69) is 25.5 Å². The molecule has 12 heteroatoms. The number of alkyl halides is 3. The van der Waals surface area contributed by atoms with Gasteiger partial charge in [0.1, 0.15) is 5.70 Å². The molecule has 0 atom stereocenters. The molecule has 0 bridgehead atoms. The fourth-order valence-electron chi connectivity index (χ4n) is 2.23. The Morgan fingerprint density at radius 3 is 2.33 bits per heavy atom. The van der Waals surface area contributed by atoms with Gasteiger partial charge < -0.3 is 9.84 Å². The van der Waals surface area contributed by atoms with Crippen LogP contribution in [0.3, 0.4) is 0 Å². The third-order valence-electron chi connectivity index (χ3n) is 3.47. The van der Waals surface area contributed by atoms with Crippen LogP contribution in [-0.4, -0.2) is 31.4 Å². The first-order valence-electron chi connectivity index (χ1n) is 7.51. The van der Waals surface area contributed by atoms with Gasteiger partial charge in [-0.3, -0.25) is 9.73 Å². The van der Waals surface area contributed by atoms with E-state index >= 15 is 0 Å². The zero-order valence-electron chi connectivity index (χ0n) is 13.9. The third-order valence-corrected chi connectivity index (χ3v) is 4.61. The number of hydrazine groups is 1. The van der Waals surface area contributed by atoms with Gasteiger partial charge in [0.2, 0.25) is 10.0 Å². The Balaban J connectivity index is 1.80. The molecule has 0 unspecified atom stereocenters. The van der Waals surface area contributed by atoms with Crippen LogP contribution >= 0.6 is 0 Å². The average Bonchev–Trinajstić information content (AvgIpc) is 3.10. The number of benzene rings is 1. The Morgan fingerprint density at radius 2 is 1.81 bits per heavy atom. The van der Waals surface area contributed by atoms with Crippen LogP contribution in [0.25, 0.3) is 5.70 Å². The molecule has 144 valence electrons. The van der Waals surface area contributed by atoms with Crippen LogP contribution in [0.2, 0.25) is 0 Å². The van der Waals surface area contributed by atoms with Crippen LogP contribution < -0.4 is 15.2 Å². The van der Waals surface area contributed by atoms with Gasteiger partial charge in [0.05, 0.1) is 24.2 Å². The number of hydrogen-bond donors (Lipinski definition) is 2. The average molecular weight is 401 g/mol. The number of para-hydroxylation sites is 1. The van der Waals surface area contributed by atoms with E-state index in [0.717, 1.165) is 6.26 Å². The number of hydrogen-bond acceptors (Lipinski definition) is 7. The minimum atomic E-state index is -4.74. The monoisotopic (exact) mass is 401 g/mol. The number of rotatable bonds is 5. The van der Waals surface area contributed by atoms with Crippen molar-refractivity contribution in [3.63, 3.8) is 0 Å². The van der Waals surface area contributed by atoms with E-state index < -0.39 is 22.1 Å². The van der Waals surface area contributed by atoms with Crippen LogP contribution in [-0.2, 0) is 16.2 Å². The predicted octanol–water partition coefficient (Wildman–Crippen LogP) is 1.89. The highest BCUT2D eigenvalue weighted by molar-refractivity contribution is 7.92. The van der Waals surface area contributed by atoms with Gasteiger partial charge in [-0.2, -0.15) is 13.2 Å². The van der Waals surface area contributed by atoms with E-state index in [4.69, 9.17) is 0 Å². The van der Waals surface area contributed by atoms with Gasteiger partial charge in [0.15, 0.2) is 0 Å². The molecule has 1 aromatic heterocycles.